The topological polar surface area (TPSA) is 157 Å². The number of fused-ring (bicyclic) bond motifs is 9. The van der Waals surface area contributed by atoms with E-state index in [2.05, 4.69) is 57.7 Å². The Balaban J connectivity index is 0.956. The van der Waals surface area contributed by atoms with Crippen LogP contribution in [0.2, 0.25) is 0 Å². The van der Waals surface area contributed by atoms with E-state index in [0.29, 0.717) is 67.8 Å². The number of benzene rings is 3. The van der Waals surface area contributed by atoms with Crippen LogP contribution in [0.3, 0.4) is 0 Å². The molecule has 13 rings (SSSR count). The number of methoxy groups -OCH3 is 2. The molecule has 0 bridgehead atoms. The SMILES string of the molecule is COC(=O)C1=CO[C@@H](C)[C@H]2CN3CCC45c6ccccc6NC4(OC(=O)c4c5ccc5c4O[C@]46CCN7C[C@@H]8CC[C@H](O)[C@H](C(=O)OC)[C@H]8C[C@H]7[C@]4(Nc4ccccc46)O5)[C@@H]3C[C@H]12. The molecule has 3 aromatic rings. The molecule has 14 heteroatoms. The molecule has 0 radical (unpaired) electrons. The normalized spacial score (nSPS) is 40.7. The summed E-state index contributed by atoms with van der Waals surface area (Å²) >= 11 is 0. The van der Waals surface area contributed by atoms with Gasteiger partial charge in [0.05, 0.1) is 61.7 Å². The summed E-state index contributed by atoms with van der Waals surface area (Å²) in [4.78, 5) is 46.8. The van der Waals surface area contributed by atoms with E-state index in [0.717, 1.165) is 47.6 Å². The summed E-state index contributed by atoms with van der Waals surface area (Å²) in [7, 11) is 2.80. The van der Waals surface area contributed by atoms with Crippen molar-refractivity contribution in [3.8, 4) is 11.5 Å². The van der Waals surface area contributed by atoms with Crippen molar-refractivity contribution in [2.45, 2.75) is 92.2 Å². The van der Waals surface area contributed by atoms with Crippen molar-refractivity contribution in [1.82, 2.24) is 9.80 Å². The van der Waals surface area contributed by atoms with Crippen molar-refractivity contribution >= 4 is 29.3 Å². The number of hydrogen-bond acceptors (Lipinski definition) is 14. The molecule has 5 fully saturated rings. The van der Waals surface area contributed by atoms with E-state index in [4.69, 9.17) is 28.4 Å². The van der Waals surface area contributed by atoms with Crippen LogP contribution in [0.5, 0.6) is 11.5 Å². The lowest BCUT2D eigenvalue weighted by atomic mass is 9.57. The Morgan fingerprint density at radius 2 is 1.52 bits per heavy atom. The van der Waals surface area contributed by atoms with Gasteiger partial charge in [0, 0.05) is 61.4 Å². The monoisotopic (exact) mass is 856 g/mol. The largest absolute Gasteiger partial charge is 0.497 e. The predicted molar refractivity (Wildman–Crippen MR) is 226 cm³/mol. The molecule has 3 N–H and O–H groups in total. The molecule has 1 aliphatic carbocycles. The highest BCUT2D eigenvalue weighted by Gasteiger charge is 2.76. The summed E-state index contributed by atoms with van der Waals surface area (Å²) in [6.45, 7) is 4.93. The second-order valence-corrected chi connectivity index (χ2v) is 19.7. The molecule has 13 atom stereocenters. The summed E-state index contributed by atoms with van der Waals surface area (Å²) in [6.07, 6.45) is 4.48. The summed E-state index contributed by atoms with van der Waals surface area (Å²) in [6, 6.07) is 19.9. The number of piperidine rings is 4. The molecular weight excluding hydrogens is 805 g/mol. The third-order valence-electron chi connectivity index (χ3n) is 17.6. The number of carbonyl (C=O) groups is 3. The fourth-order valence-electron chi connectivity index (χ4n) is 14.9. The average molecular weight is 857 g/mol. The lowest BCUT2D eigenvalue weighted by molar-refractivity contribution is -0.215. The lowest BCUT2D eigenvalue weighted by Crippen LogP contribution is -2.77. The van der Waals surface area contributed by atoms with Gasteiger partial charge in [-0.15, -0.1) is 0 Å². The zero-order chi connectivity index (χ0) is 42.8. The highest BCUT2D eigenvalue weighted by molar-refractivity contribution is 6.00. The Morgan fingerprint density at radius 1 is 0.794 bits per heavy atom. The van der Waals surface area contributed by atoms with Gasteiger partial charge in [-0.05, 0) is 80.2 Å². The minimum absolute atomic E-state index is 0.0515. The van der Waals surface area contributed by atoms with Crippen molar-refractivity contribution in [3.63, 3.8) is 0 Å². The molecule has 14 nitrogen and oxygen atoms in total. The fraction of sp³-hybridized carbons (Fsp3) is 0.531. The molecule has 2 unspecified atom stereocenters. The Kier molecular flexibility index (Phi) is 7.82. The van der Waals surface area contributed by atoms with Gasteiger partial charge in [-0.1, -0.05) is 42.5 Å². The fourth-order valence-corrected chi connectivity index (χ4v) is 14.9. The van der Waals surface area contributed by atoms with Crippen LogP contribution in [0.25, 0.3) is 0 Å². The number of nitrogens with one attached hydrogen (secondary N) is 2. The molecule has 10 aliphatic rings. The summed E-state index contributed by atoms with van der Waals surface area (Å²) in [5.41, 5.74) is 1.36. The molecule has 4 saturated heterocycles. The minimum atomic E-state index is -1.20. The molecule has 0 spiro atoms. The molecule has 0 aromatic heterocycles. The highest BCUT2D eigenvalue weighted by Crippen LogP contribution is 2.68. The first-order valence-corrected chi connectivity index (χ1v) is 22.8. The van der Waals surface area contributed by atoms with Gasteiger partial charge in [-0.3, -0.25) is 14.6 Å². The van der Waals surface area contributed by atoms with Crippen LogP contribution >= 0.6 is 0 Å². The van der Waals surface area contributed by atoms with Crippen molar-refractivity contribution in [2.75, 3.05) is 51.0 Å². The Labute approximate surface area is 365 Å². The van der Waals surface area contributed by atoms with Crippen LogP contribution in [0.4, 0.5) is 11.4 Å². The maximum atomic E-state index is 15.4. The molecule has 3 aromatic carbocycles. The van der Waals surface area contributed by atoms with Crippen LogP contribution < -0.4 is 20.1 Å². The number of ether oxygens (including phenoxy) is 6. The highest BCUT2D eigenvalue weighted by atomic mass is 16.6. The van der Waals surface area contributed by atoms with Crippen molar-refractivity contribution in [1.29, 1.82) is 0 Å². The average Bonchev–Trinajstić information content (AvgIpc) is 3.78. The molecule has 63 heavy (non-hydrogen) atoms. The molecule has 328 valence electrons. The van der Waals surface area contributed by atoms with Crippen LogP contribution in [-0.4, -0.2) is 109 Å². The lowest BCUT2D eigenvalue weighted by Gasteiger charge is -2.63. The van der Waals surface area contributed by atoms with Gasteiger partial charge in [-0.2, -0.15) is 0 Å². The smallest absolute Gasteiger partial charge is 0.344 e. The third kappa shape index (κ3) is 4.57. The maximum Gasteiger partial charge on any atom is 0.344 e. The van der Waals surface area contributed by atoms with Gasteiger partial charge in [0.15, 0.2) is 17.1 Å². The zero-order valence-corrected chi connectivity index (χ0v) is 35.6. The number of anilines is 2. The minimum Gasteiger partial charge on any atom is -0.497 e. The van der Waals surface area contributed by atoms with E-state index in [9.17, 15) is 14.7 Å². The standard InChI is InChI=1S/C49H52N4O10/c1-25-29-23-53-18-16-46-31-8-4-6-10-34(31)50-48(46,38(53)21-28(29)30(24-60-25)43(55)58-2)63-45(57)41-33(46)13-15-37-42(41)62-47-17-19-52-22-26-12-14-36(54)40(44(56)59-3)27(26)20-39(52)49(47,61-37)51-35-11-7-5-9-32(35)47/h4-11,13,15,24-29,36,38-40,50-51,54H,12,14,16-23H2,1-3H3/t25-,26-,27-,28-,29+,36-,38-,39-,40+,46?,47-,48?,49-/m0/s1. The third-order valence-corrected chi connectivity index (χ3v) is 17.6. The quantitative estimate of drug-likeness (QED) is 0.237. The van der Waals surface area contributed by atoms with Crippen LogP contribution in [0, 0.1) is 29.6 Å². The Bertz CT molecular complexity index is 2550. The van der Waals surface area contributed by atoms with E-state index in [1.807, 2.05) is 30.3 Å². The van der Waals surface area contributed by atoms with Crippen LogP contribution in [-0.2, 0) is 39.6 Å². The number of esters is 3. The summed E-state index contributed by atoms with van der Waals surface area (Å²) < 4.78 is 38.8. The first-order valence-electron chi connectivity index (χ1n) is 22.8. The Hall–Kier alpha value is -5.31. The molecule has 0 amide bonds. The van der Waals surface area contributed by atoms with Crippen molar-refractivity contribution in [3.05, 3.63) is 94.8 Å². The van der Waals surface area contributed by atoms with E-state index < -0.39 is 46.4 Å². The number of rotatable bonds is 2. The van der Waals surface area contributed by atoms with Gasteiger partial charge in [0.2, 0.25) is 11.4 Å². The second-order valence-electron chi connectivity index (χ2n) is 19.7. The maximum absolute atomic E-state index is 15.4. The number of nitrogens with zero attached hydrogens (tertiary/aromatic N) is 2. The van der Waals surface area contributed by atoms with Gasteiger partial charge >= 0.3 is 17.9 Å². The number of carbonyl (C=O) groups excluding carboxylic acids is 3. The first kappa shape index (κ1) is 38.2. The van der Waals surface area contributed by atoms with Gasteiger partial charge in [0.25, 0.3) is 0 Å². The number of aliphatic hydroxyl groups is 1. The van der Waals surface area contributed by atoms with Gasteiger partial charge in [-0.25, -0.2) is 9.59 Å². The van der Waals surface area contributed by atoms with E-state index in [-0.39, 0.29) is 47.8 Å². The predicted octanol–water partition coefficient (Wildman–Crippen LogP) is 4.89. The van der Waals surface area contributed by atoms with Crippen molar-refractivity contribution < 1.29 is 47.9 Å². The zero-order valence-electron chi connectivity index (χ0n) is 35.6. The van der Waals surface area contributed by atoms with Crippen LogP contribution in [0.1, 0.15) is 72.5 Å². The molecule has 1 saturated carbocycles. The molecule has 9 aliphatic heterocycles. The molecule has 9 heterocycles. The molecular formula is C49H52N4O10. The van der Waals surface area contributed by atoms with Gasteiger partial charge in [0.1, 0.15) is 5.56 Å². The van der Waals surface area contributed by atoms with E-state index in [1.54, 1.807) is 6.26 Å². The Morgan fingerprint density at radius 3 is 2.33 bits per heavy atom. The van der Waals surface area contributed by atoms with Crippen molar-refractivity contribution in [2.24, 2.45) is 29.6 Å². The summed E-state index contributed by atoms with van der Waals surface area (Å²) in [5, 5.41) is 18.9. The summed E-state index contributed by atoms with van der Waals surface area (Å²) in [5.74, 6) is -1.08. The number of aliphatic hydroxyl groups excluding tert-OH is 1. The number of para-hydroxylation sites is 2. The number of hydrogen-bond donors (Lipinski definition) is 3. The second kappa shape index (κ2) is 12.9. The first-order chi connectivity index (χ1) is 30.6. The van der Waals surface area contributed by atoms with E-state index >= 15 is 4.79 Å². The van der Waals surface area contributed by atoms with Gasteiger partial charge < -0.3 is 44.2 Å². The van der Waals surface area contributed by atoms with E-state index in [1.165, 1.54) is 14.2 Å². The van der Waals surface area contributed by atoms with Crippen LogP contribution in [0.15, 0.2) is 72.5 Å².